The average molecular weight is 285 g/mol. The number of halogens is 1. The molecular weight excluding hydrogens is 265 g/mol. The normalized spacial score (nSPS) is 12.8. The summed E-state index contributed by atoms with van der Waals surface area (Å²) in [7, 11) is 5.83. The standard InChI is InChI=1S/C13H20N.ClH.Co/c1-5-11-8-10(4)9-12(6-2)13(11)14-7-3;;/h7-9,14H,5-6H2,1-4H3;1H;/q;;+1/p-1. The zero-order chi connectivity index (χ0) is 12.1. The van der Waals surface area contributed by atoms with E-state index in [1.54, 1.807) is 0 Å². The molecule has 0 spiro atoms. The molecule has 0 bridgehead atoms. The second-order valence-electron chi connectivity index (χ2n) is 3.96. The van der Waals surface area contributed by atoms with Crippen LogP contribution < -0.4 is 5.32 Å². The van der Waals surface area contributed by atoms with E-state index in [1.165, 1.54) is 22.4 Å². The molecule has 1 aromatic carbocycles. The van der Waals surface area contributed by atoms with Crippen molar-refractivity contribution in [1.29, 1.82) is 0 Å². The van der Waals surface area contributed by atoms with Crippen LogP contribution in [0.4, 0.5) is 5.69 Å². The fraction of sp³-hybridized carbons (Fsp3) is 0.538. The summed E-state index contributed by atoms with van der Waals surface area (Å²) in [5.74, 6) is 0. The van der Waals surface area contributed by atoms with Crippen LogP contribution in [-0.4, -0.2) is 4.98 Å². The Balaban J connectivity index is 3.11. The van der Waals surface area contributed by atoms with Crippen molar-refractivity contribution in [2.24, 2.45) is 0 Å². The first-order valence-electron chi connectivity index (χ1n) is 5.71. The van der Waals surface area contributed by atoms with Crippen molar-refractivity contribution in [2.75, 3.05) is 5.32 Å². The topological polar surface area (TPSA) is 12.0 Å². The van der Waals surface area contributed by atoms with Gasteiger partial charge >= 0.3 is 109 Å². The third-order valence-corrected chi connectivity index (χ3v) is 4.04. The molecule has 1 unspecified atom stereocenters. The molecule has 0 aliphatic carbocycles. The third-order valence-electron chi connectivity index (χ3n) is 2.65. The van der Waals surface area contributed by atoms with Crippen LogP contribution in [0.3, 0.4) is 0 Å². The molecule has 0 aromatic heterocycles. The summed E-state index contributed by atoms with van der Waals surface area (Å²) in [6.07, 6.45) is 2.12. The molecule has 0 saturated heterocycles. The number of rotatable bonds is 5. The molecule has 0 aliphatic heterocycles. The Morgan fingerprint density at radius 1 is 1.25 bits per heavy atom. The predicted octanol–water partition coefficient (Wildman–Crippen LogP) is 4.11. The minimum atomic E-state index is 0.288. The van der Waals surface area contributed by atoms with Crippen molar-refractivity contribution >= 4 is 15.8 Å². The number of aryl methyl sites for hydroxylation is 3. The maximum atomic E-state index is 5.83. The van der Waals surface area contributed by atoms with E-state index in [9.17, 15) is 0 Å². The average Bonchev–Trinajstić information content (AvgIpc) is 2.30. The molecular formula is C13H20ClCoN. The van der Waals surface area contributed by atoms with Crippen LogP contribution in [0.1, 0.15) is 37.5 Å². The van der Waals surface area contributed by atoms with E-state index in [-0.39, 0.29) is 4.98 Å². The monoisotopic (exact) mass is 284 g/mol. The molecule has 1 nitrogen and oxygen atoms in total. The summed E-state index contributed by atoms with van der Waals surface area (Å²) in [6, 6.07) is 4.53. The van der Waals surface area contributed by atoms with Gasteiger partial charge in [-0.15, -0.1) is 0 Å². The minimum absolute atomic E-state index is 0.288. The number of hydrogen-bond donors (Lipinski definition) is 1. The molecule has 0 heterocycles. The van der Waals surface area contributed by atoms with Gasteiger partial charge in [-0.2, -0.15) is 0 Å². The summed E-state index contributed by atoms with van der Waals surface area (Å²) in [6.45, 7) is 8.65. The molecule has 1 rings (SSSR count). The molecule has 0 amide bonds. The molecule has 1 N–H and O–H groups in total. The summed E-state index contributed by atoms with van der Waals surface area (Å²) >= 11 is 0.896. The Hall–Kier alpha value is -0.184. The van der Waals surface area contributed by atoms with Gasteiger partial charge < -0.3 is 0 Å². The first-order valence-corrected chi connectivity index (χ1v) is 7.74. The van der Waals surface area contributed by atoms with E-state index in [2.05, 4.69) is 45.1 Å². The van der Waals surface area contributed by atoms with Crippen LogP contribution in [0.5, 0.6) is 0 Å². The van der Waals surface area contributed by atoms with Crippen molar-refractivity contribution in [2.45, 2.75) is 45.5 Å². The third kappa shape index (κ3) is 3.41. The van der Waals surface area contributed by atoms with E-state index in [0.717, 1.165) is 26.6 Å². The molecule has 0 fully saturated rings. The van der Waals surface area contributed by atoms with E-state index < -0.39 is 0 Å². The molecule has 1 atom stereocenters. The number of nitrogens with one attached hydrogen (secondary N) is 1. The van der Waals surface area contributed by atoms with E-state index in [4.69, 9.17) is 10.1 Å². The van der Waals surface area contributed by atoms with Crippen molar-refractivity contribution in [3.8, 4) is 0 Å². The Bertz CT molecular complexity index is 327. The second kappa shape index (κ2) is 6.53. The van der Waals surface area contributed by atoms with Crippen LogP contribution in [0.2, 0.25) is 0 Å². The van der Waals surface area contributed by atoms with Gasteiger partial charge in [0.2, 0.25) is 0 Å². The maximum absolute atomic E-state index is 5.83. The van der Waals surface area contributed by atoms with Crippen LogP contribution in [0.15, 0.2) is 12.1 Å². The van der Waals surface area contributed by atoms with E-state index in [0.29, 0.717) is 0 Å². The van der Waals surface area contributed by atoms with Crippen molar-refractivity contribution in [3.63, 3.8) is 0 Å². The zero-order valence-corrected chi connectivity index (χ0v) is 12.2. The first-order chi connectivity index (χ1) is 7.62. The molecule has 16 heavy (non-hydrogen) atoms. The van der Waals surface area contributed by atoms with Gasteiger partial charge in [0.25, 0.3) is 0 Å². The molecule has 0 saturated carbocycles. The fourth-order valence-electron chi connectivity index (χ4n) is 1.90. The van der Waals surface area contributed by atoms with Crippen molar-refractivity contribution in [3.05, 3.63) is 28.8 Å². The second-order valence-corrected chi connectivity index (χ2v) is 5.69. The number of benzene rings is 1. The van der Waals surface area contributed by atoms with Crippen LogP contribution in [0, 0.1) is 6.92 Å². The van der Waals surface area contributed by atoms with Crippen LogP contribution in [-0.2, 0) is 26.6 Å². The number of hydrogen-bond acceptors (Lipinski definition) is 1. The number of anilines is 1. The summed E-state index contributed by atoms with van der Waals surface area (Å²) in [5.41, 5.74) is 5.41. The van der Waals surface area contributed by atoms with Gasteiger partial charge in [0, 0.05) is 0 Å². The molecule has 0 aliphatic rings. The summed E-state index contributed by atoms with van der Waals surface area (Å²) in [4.78, 5) is 0.288. The van der Waals surface area contributed by atoms with E-state index in [1.807, 2.05) is 0 Å². The van der Waals surface area contributed by atoms with Crippen molar-refractivity contribution in [1.82, 2.24) is 0 Å². The Morgan fingerprint density at radius 2 is 1.75 bits per heavy atom. The van der Waals surface area contributed by atoms with Crippen LogP contribution in [0.25, 0.3) is 0 Å². The first kappa shape index (κ1) is 13.9. The van der Waals surface area contributed by atoms with Gasteiger partial charge in [0.15, 0.2) is 0 Å². The molecule has 0 radical (unpaired) electrons. The summed E-state index contributed by atoms with van der Waals surface area (Å²) in [5, 5.41) is 3.51. The van der Waals surface area contributed by atoms with Gasteiger partial charge in [-0.1, -0.05) is 0 Å². The van der Waals surface area contributed by atoms with Gasteiger partial charge in [0.05, 0.1) is 0 Å². The Morgan fingerprint density at radius 3 is 2.12 bits per heavy atom. The molecule has 3 heteroatoms. The van der Waals surface area contributed by atoms with E-state index >= 15 is 0 Å². The summed E-state index contributed by atoms with van der Waals surface area (Å²) < 4.78 is 0. The Labute approximate surface area is 109 Å². The SMILES string of the molecule is CCc1cc(C)cc(CC)c1N[CH](C)[Co][Cl]. The van der Waals surface area contributed by atoms with Gasteiger partial charge in [-0.05, 0) is 0 Å². The molecule has 1 aromatic rings. The molecule has 93 valence electrons. The van der Waals surface area contributed by atoms with Gasteiger partial charge in [-0.25, -0.2) is 0 Å². The fourth-order valence-corrected chi connectivity index (χ4v) is 2.25. The van der Waals surface area contributed by atoms with Gasteiger partial charge in [0.1, 0.15) is 0 Å². The quantitative estimate of drug-likeness (QED) is 0.858. The zero-order valence-electron chi connectivity index (χ0n) is 10.4. The van der Waals surface area contributed by atoms with Crippen molar-refractivity contribution < 1.29 is 13.8 Å². The van der Waals surface area contributed by atoms with Gasteiger partial charge in [-0.3, -0.25) is 0 Å². The Kier molecular flexibility index (Phi) is 5.66. The van der Waals surface area contributed by atoms with Crippen LogP contribution >= 0.6 is 10.1 Å². The predicted molar refractivity (Wildman–Crippen MR) is 68.9 cm³/mol.